The van der Waals surface area contributed by atoms with Crippen molar-refractivity contribution in [3.8, 4) is 0 Å². The molecule has 2 nitrogen and oxygen atoms in total. The average Bonchev–Trinajstić information content (AvgIpc) is 2.71. The monoisotopic (exact) mass is 295 g/mol. The highest BCUT2D eigenvalue weighted by Crippen LogP contribution is 2.36. The lowest BCUT2D eigenvalue weighted by Crippen LogP contribution is -2.47. The largest absolute Gasteiger partial charge is 0.370 e. The second-order valence-corrected chi connectivity index (χ2v) is 7.81. The van der Waals surface area contributed by atoms with E-state index in [4.69, 9.17) is 4.74 Å². The van der Waals surface area contributed by atoms with Crippen LogP contribution in [-0.2, 0) is 4.74 Å². The molecule has 0 bridgehead atoms. The first-order valence-corrected chi connectivity index (χ1v) is 9.55. The summed E-state index contributed by atoms with van der Waals surface area (Å²) < 4.78 is 6.82. The van der Waals surface area contributed by atoms with Crippen LogP contribution in [0.25, 0.3) is 0 Å². The van der Waals surface area contributed by atoms with Crippen molar-refractivity contribution in [1.82, 2.24) is 5.32 Å². The molecule has 0 radical (unpaired) electrons. The zero-order valence-corrected chi connectivity index (χ0v) is 14.6. The summed E-state index contributed by atoms with van der Waals surface area (Å²) in [6, 6.07) is 0.559. The van der Waals surface area contributed by atoms with Crippen molar-refractivity contribution in [2.24, 2.45) is 5.92 Å². The van der Waals surface area contributed by atoms with Crippen molar-refractivity contribution in [3.63, 3.8) is 0 Å². The normalized spacial score (nSPS) is 30.3. The molecule has 0 aliphatic heterocycles. The Bertz CT molecular complexity index is 281. The molecule has 0 saturated heterocycles. The minimum atomic E-state index is 0.126. The van der Waals surface area contributed by atoms with Crippen LogP contribution in [0.4, 0.5) is 0 Å². The van der Waals surface area contributed by atoms with E-state index in [9.17, 15) is 0 Å². The maximum Gasteiger partial charge on any atom is 0.0810 e. The molecule has 1 N–H and O–H groups in total. The first-order valence-electron chi connectivity index (χ1n) is 9.55. The zero-order valence-electron chi connectivity index (χ0n) is 14.6. The van der Waals surface area contributed by atoms with E-state index in [0.29, 0.717) is 12.1 Å². The van der Waals surface area contributed by atoms with Crippen LogP contribution in [0.3, 0.4) is 0 Å². The van der Waals surface area contributed by atoms with E-state index < -0.39 is 0 Å². The van der Waals surface area contributed by atoms with Gasteiger partial charge in [0.25, 0.3) is 0 Å². The van der Waals surface area contributed by atoms with E-state index in [1.807, 2.05) is 0 Å². The van der Waals surface area contributed by atoms with Gasteiger partial charge in [0.15, 0.2) is 0 Å². The van der Waals surface area contributed by atoms with Gasteiger partial charge in [-0.05, 0) is 31.6 Å². The van der Waals surface area contributed by atoms with Crippen LogP contribution in [0.15, 0.2) is 0 Å². The Labute approximate surface area is 132 Å². The molecular weight excluding hydrogens is 258 g/mol. The van der Waals surface area contributed by atoms with Crippen molar-refractivity contribution in [3.05, 3.63) is 0 Å². The van der Waals surface area contributed by atoms with Gasteiger partial charge in [0.1, 0.15) is 0 Å². The molecule has 2 atom stereocenters. The molecule has 2 heteroatoms. The second kappa shape index (κ2) is 8.53. The molecule has 124 valence electrons. The molecule has 0 spiro atoms. The molecule has 0 aromatic rings. The van der Waals surface area contributed by atoms with Gasteiger partial charge in [-0.1, -0.05) is 65.7 Å². The highest BCUT2D eigenvalue weighted by molar-refractivity contribution is 4.88. The van der Waals surface area contributed by atoms with E-state index in [1.54, 1.807) is 0 Å². The smallest absolute Gasteiger partial charge is 0.0810 e. The Morgan fingerprint density at radius 2 is 1.76 bits per heavy atom. The van der Waals surface area contributed by atoms with Gasteiger partial charge in [0.05, 0.1) is 11.7 Å². The van der Waals surface area contributed by atoms with Crippen LogP contribution in [0.2, 0.25) is 0 Å². The summed E-state index contributed by atoms with van der Waals surface area (Å²) in [6.07, 6.45) is 15.3. The third-order valence-corrected chi connectivity index (χ3v) is 5.58. The standard InChI is InChI=1S/C19H37NO/c1-4-17-10-9-11-18(14-17)21-19(15-20-16(2)3)12-7-5-6-8-13-19/h16-18,20H,4-15H2,1-3H3. The van der Waals surface area contributed by atoms with Gasteiger partial charge in [-0.25, -0.2) is 0 Å². The molecule has 21 heavy (non-hydrogen) atoms. The molecule has 2 aliphatic rings. The summed E-state index contributed by atoms with van der Waals surface area (Å²) in [5.41, 5.74) is 0.126. The second-order valence-electron chi connectivity index (χ2n) is 7.81. The van der Waals surface area contributed by atoms with Crippen molar-refractivity contribution in [2.45, 2.75) is 109 Å². The van der Waals surface area contributed by atoms with E-state index in [0.717, 1.165) is 12.5 Å². The first kappa shape index (κ1) is 17.3. The zero-order chi connectivity index (χ0) is 15.1. The van der Waals surface area contributed by atoms with Gasteiger partial charge >= 0.3 is 0 Å². The number of rotatable bonds is 6. The fourth-order valence-electron chi connectivity index (χ4n) is 4.17. The molecule has 0 aromatic heterocycles. The Hall–Kier alpha value is -0.0800. The molecule has 2 unspecified atom stereocenters. The molecular formula is C19H37NO. The van der Waals surface area contributed by atoms with E-state index >= 15 is 0 Å². The summed E-state index contributed by atoms with van der Waals surface area (Å²) >= 11 is 0. The van der Waals surface area contributed by atoms with Gasteiger partial charge in [-0.3, -0.25) is 0 Å². The van der Waals surface area contributed by atoms with E-state index in [1.165, 1.54) is 70.6 Å². The Kier molecular flexibility index (Phi) is 7.01. The Morgan fingerprint density at radius 1 is 1.05 bits per heavy atom. The Balaban J connectivity index is 1.96. The molecule has 0 aromatic carbocycles. The van der Waals surface area contributed by atoms with Crippen LogP contribution in [-0.4, -0.2) is 24.3 Å². The lowest BCUT2D eigenvalue weighted by Gasteiger charge is -2.40. The fourth-order valence-corrected chi connectivity index (χ4v) is 4.17. The molecule has 2 aliphatic carbocycles. The summed E-state index contributed by atoms with van der Waals surface area (Å²) in [5, 5.41) is 3.67. The highest BCUT2D eigenvalue weighted by atomic mass is 16.5. The van der Waals surface area contributed by atoms with Crippen LogP contribution in [0.5, 0.6) is 0 Å². The molecule has 0 heterocycles. The van der Waals surface area contributed by atoms with Crippen molar-refractivity contribution < 1.29 is 4.74 Å². The van der Waals surface area contributed by atoms with Crippen LogP contribution in [0.1, 0.15) is 91.4 Å². The van der Waals surface area contributed by atoms with Crippen LogP contribution in [0, 0.1) is 5.92 Å². The van der Waals surface area contributed by atoms with Gasteiger partial charge in [0, 0.05) is 12.6 Å². The van der Waals surface area contributed by atoms with Crippen LogP contribution < -0.4 is 5.32 Å². The number of ether oxygens (including phenoxy) is 1. The van der Waals surface area contributed by atoms with E-state index in [2.05, 4.69) is 26.1 Å². The lowest BCUT2D eigenvalue weighted by atomic mass is 9.84. The molecule has 0 amide bonds. The topological polar surface area (TPSA) is 21.3 Å². The predicted molar refractivity (Wildman–Crippen MR) is 90.7 cm³/mol. The quantitative estimate of drug-likeness (QED) is 0.691. The predicted octanol–water partition coefficient (Wildman–Crippen LogP) is 5.06. The van der Waals surface area contributed by atoms with Gasteiger partial charge in [-0.15, -0.1) is 0 Å². The maximum atomic E-state index is 6.82. The third-order valence-electron chi connectivity index (χ3n) is 5.58. The SMILES string of the molecule is CCC1CCCC(OC2(CNC(C)C)CCCCCC2)C1. The highest BCUT2D eigenvalue weighted by Gasteiger charge is 2.35. The van der Waals surface area contributed by atoms with Gasteiger partial charge < -0.3 is 10.1 Å². The minimum absolute atomic E-state index is 0.126. The summed E-state index contributed by atoms with van der Waals surface area (Å²) in [4.78, 5) is 0. The van der Waals surface area contributed by atoms with Gasteiger partial charge in [0.2, 0.25) is 0 Å². The van der Waals surface area contributed by atoms with E-state index in [-0.39, 0.29) is 5.60 Å². The molecule has 2 fully saturated rings. The number of hydrogen-bond acceptors (Lipinski definition) is 2. The van der Waals surface area contributed by atoms with Gasteiger partial charge in [-0.2, -0.15) is 0 Å². The summed E-state index contributed by atoms with van der Waals surface area (Å²) in [7, 11) is 0. The summed E-state index contributed by atoms with van der Waals surface area (Å²) in [5.74, 6) is 0.907. The minimum Gasteiger partial charge on any atom is -0.370 e. The average molecular weight is 296 g/mol. The number of hydrogen-bond donors (Lipinski definition) is 1. The summed E-state index contributed by atoms with van der Waals surface area (Å²) in [6.45, 7) is 7.89. The Morgan fingerprint density at radius 3 is 2.38 bits per heavy atom. The first-order chi connectivity index (χ1) is 10.1. The van der Waals surface area contributed by atoms with Crippen molar-refractivity contribution >= 4 is 0 Å². The maximum absolute atomic E-state index is 6.82. The molecule has 2 rings (SSSR count). The van der Waals surface area contributed by atoms with Crippen molar-refractivity contribution in [2.75, 3.05) is 6.54 Å². The number of nitrogens with one attached hydrogen (secondary N) is 1. The lowest BCUT2D eigenvalue weighted by molar-refractivity contribution is -0.119. The fraction of sp³-hybridized carbons (Fsp3) is 1.00. The van der Waals surface area contributed by atoms with Crippen molar-refractivity contribution in [1.29, 1.82) is 0 Å². The molecule has 2 saturated carbocycles. The van der Waals surface area contributed by atoms with Crippen LogP contribution >= 0.6 is 0 Å². The third kappa shape index (κ3) is 5.56.